The average molecular weight is 297 g/mol. The molecule has 2 rings (SSSR count). The van der Waals surface area contributed by atoms with Gasteiger partial charge in [-0.05, 0) is 30.7 Å². The molecule has 0 saturated carbocycles. The Morgan fingerprint density at radius 3 is 2.75 bits per heavy atom. The van der Waals surface area contributed by atoms with E-state index in [4.69, 9.17) is 8.92 Å². The SMILES string of the molecule is CCOC(=O)c1cc2cc(COS(C)(=O)=O)ccn2c1. The van der Waals surface area contributed by atoms with Crippen LogP contribution >= 0.6 is 0 Å². The van der Waals surface area contributed by atoms with E-state index in [0.717, 1.165) is 11.8 Å². The van der Waals surface area contributed by atoms with Gasteiger partial charge in [-0.1, -0.05) is 0 Å². The van der Waals surface area contributed by atoms with E-state index in [0.29, 0.717) is 17.7 Å². The molecule has 20 heavy (non-hydrogen) atoms. The fourth-order valence-corrected chi connectivity index (χ4v) is 2.10. The molecule has 0 unspecified atom stereocenters. The first-order valence-corrected chi connectivity index (χ1v) is 7.83. The number of pyridine rings is 1. The summed E-state index contributed by atoms with van der Waals surface area (Å²) in [5.74, 6) is -0.384. The number of carbonyl (C=O) groups is 1. The second kappa shape index (κ2) is 5.64. The molecule has 0 aromatic carbocycles. The maximum atomic E-state index is 11.6. The van der Waals surface area contributed by atoms with Crippen molar-refractivity contribution in [2.24, 2.45) is 0 Å². The van der Waals surface area contributed by atoms with Gasteiger partial charge < -0.3 is 9.14 Å². The summed E-state index contributed by atoms with van der Waals surface area (Å²) in [5.41, 5.74) is 1.92. The number of carbonyl (C=O) groups excluding carboxylic acids is 1. The number of rotatable bonds is 5. The maximum Gasteiger partial charge on any atom is 0.339 e. The Morgan fingerprint density at radius 1 is 1.35 bits per heavy atom. The lowest BCUT2D eigenvalue weighted by molar-refractivity contribution is 0.0526. The van der Waals surface area contributed by atoms with E-state index in [9.17, 15) is 13.2 Å². The van der Waals surface area contributed by atoms with E-state index in [1.807, 2.05) is 0 Å². The lowest BCUT2D eigenvalue weighted by atomic mass is 10.2. The summed E-state index contributed by atoms with van der Waals surface area (Å²) < 4.78 is 33.3. The molecule has 2 heterocycles. The number of fused-ring (bicyclic) bond motifs is 1. The van der Waals surface area contributed by atoms with Crippen LogP contribution in [0.1, 0.15) is 22.8 Å². The van der Waals surface area contributed by atoms with Crippen LogP contribution in [0.4, 0.5) is 0 Å². The minimum atomic E-state index is -3.47. The molecule has 0 radical (unpaired) electrons. The summed E-state index contributed by atoms with van der Waals surface area (Å²) in [6.07, 6.45) is 4.40. The zero-order chi connectivity index (χ0) is 14.8. The van der Waals surface area contributed by atoms with E-state index in [1.54, 1.807) is 41.9 Å². The Bertz CT molecular complexity index is 732. The molecule has 2 aromatic heterocycles. The Hall–Kier alpha value is -1.86. The maximum absolute atomic E-state index is 11.6. The van der Waals surface area contributed by atoms with Crippen LogP contribution in [0, 0.1) is 0 Å². The first kappa shape index (κ1) is 14.5. The van der Waals surface area contributed by atoms with E-state index >= 15 is 0 Å². The van der Waals surface area contributed by atoms with Gasteiger partial charge in [-0.2, -0.15) is 8.42 Å². The highest BCUT2D eigenvalue weighted by molar-refractivity contribution is 7.85. The Kier molecular flexibility index (Phi) is 4.10. The van der Waals surface area contributed by atoms with Crippen molar-refractivity contribution in [3.8, 4) is 0 Å². The number of nitrogens with zero attached hydrogens (tertiary/aromatic N) is 1. The van der Waals surface area contributed by atoms with Crippen LogP contribution in [0.25, 0.3) is 5.52 Å². The van der Waals surface area contributed by atoms with Crippen LogP contribution in [0.2, 0.25) is 0 Å². The van der Waals surface area contributed by atoms with Gasteiger partial charge in [0.2, 0.25) is 0 Å². The molecular formula is C13H15NO5S. The zero-order valence-electron chi connectivity index (χ0n) is 11.2. The first-order valence-electron chi connectivity index (χ1n) is 6.01. The average Bonchev–Trinajstić information content (AvgIpc) is 2.78. The Morgan fingerprint density at radius 2 is 2.10 bits per heavy atom. The highest BCUT2D eigenvalue weighted by Gasteiger charge is 2.10. The molecular weight excluding hydrogens is 282 g/mol. The van der Waals surface area contributed by atoms with Gasteiger partial charge >= 0.3 is 5.97 Å². The summed E-state index contributed by atoms with van der Waals surface area (Å²) in [5, 5.41) is 0. The van der Waals surface area contributed by atoms with Gasteiger partial charge in [0.05, 0.1) is 25.0 Å². The lowest BCUT2D eigenvalue weighted by Crippen LogP contribution is -2.02. The molecule has 0 aliphatic carbocycles. The highest BCUT2D eigenvalue weighted by Crippen LogP contribution is 2.14. The number of aromatic nitrogens is 1. The van der Waals surface area contributed by atoms with Gasteiger partial charge in [0.1, 0.15) is 0 Å². The topological polar surface area (TPSA) is 74.1 Å². The summed E-state index contributed by atoms with van der Waals surface area (Å²) in [6, 6.07) is 5.17. The van der Waals surface area contributed by atoms with Gasteiger partial charge in [0.25, 0.3) is 10.1 Å². The summed E-state index contributed by atoms with van der Waals surface area (Å²) in [4.78, 5) is 11.6. The molecule has 108 valence electrons. The molecule has 0 saturated heterocycles. The van der Waals surface area contributed by atoms with Gasteiger partial charge in [0, 0.05) is 17.9 Å². The number of hydrogen-bond donors (Lipinski definition) is 0. The molecule has 0 aliphatic rings. The van der Waals surface area contributed by atoms with Crippen molar-refractivity contribution < 1.29 is 22.1 Å². The summed E-state index contributed by atoms with van der Waals surface area (Å²) in [6.45, 7) is 2.03. The third-order valence-electron chi connectivity index (χ3n) is 2.61. The molecule has 0 aliphatic heterocycles. The van der Waals surface area contributed by atoms with Gasteiger partial charge in [-0.15, -0.1) is 0 Å². The molecule has 6 nitrogen and oxygen atoms in total. The molecule has 0 atom stereocenters. The lowest BCUT2D eigenvalue weighted by Gasteiger charge is -2.02. The number of ether oxygens (including phenoxy) is 1. The van der Waals surface area contributed by atoms with Crippen LogP contribution in [0.5, 0.6) is 0 Å². The predicted octanol–water partition coefficient (Wildman–Crippen LogP) is 1.59. The van der Waals surface area contributed by atoms with Crippen LogP contribution < -0.4 is 0 Å². The van der Waals surface area contributed by atoms with E-state index in [2.05, 4.69) is 0 Å². The summed E-state index contributed by atoms with van der Waals surface area (Å²) >= 11 is 0. The summed E-state index contributed by atoms with van der Waals surface area (Å²) in [7, 11) is -3.47. The highest BCUT2D eigenvalue weighted by atomic mass is 32.2. The molecule has 0 spiro atoms. The Balaban J connectivity index is 2.23. The third kappa shape index (κ3) is 3.58. The second-order valence-corrected chi connectivity index (χ2v) is 5.93. The van der Waals surface area contributed by atoms with E-state index in [-0.39, 0.29) is 12.6 Å². The van der Waals surface area contributed by atoms with Crippen LogP contribution in [0.3, 0.4) is 0 Å². The standard InChI is InChI=1S/C13H15NO5S/c1-3-18-13(15)11-7-12-6-10(4-5-14(12)8-11)9-19-20(2,16)17/h4-8H,3,9H2,1-2H3. The number of esters is 1. The quantitative estimate of drug-likeness (QED) is 0.619. The largest absolute Gasteiger partial charge is 0.462 e. The molecule has 0 N–H and O–H groups in total. The molecule has 0 amide bonds. The smallest absolute Gasteiger partial charge is 0.339 e. The molecule has 2 aromatic rings. The monoisotopic (exact) mass is 297 g/mol. The van der Waals surface area contributed by atoms with Crippen LogP contribution in [-0.2, 0) is 25.6 Å². The zero-order valence-corrected chi connectivity index (χ0v) is 12.0. The van der Waals surface area contributed by atoms with Crippen LogP contribution in [0.15, 0.2) is 30.6 Å². The van der Waals surface area contributed by atoms with Gasteiger partial charge in [-0.25, -0.2) is 4.79 Å². The van der Waals surface area contributed by atoms with E-state index < -0.39 is 10.1 Å². The van der Waals surface area contributed by atoms with Crippen molar-refractivity contribution in [2.45, 2.75) is 13.5 Å². The molecule has 0 bridgehead atoms. The normalized spacial score (nSPS) is 11.7. The number of hydrogen-bond acceptors (Lipinski definition) is 5. The van der Waals surface area contributed by atoms with Crippen molar-refractivity contribution in [3.05, 3.63) is 41.7 Å². The first-order chi connectivity index (χ1) is 9.39. The van der Waals surface area contributed by atoms with Gasteiger partial charge in [0.15, 0.2) is 0 Å². The van der Waals surface area contributed by atoms with Crippen LogP contribution in [-0.4, -0.2) is 31.7 Å². The van der Waals surface area contributed by atoms with E-state index in [1.165, 1.54) is 0 Å². The fraction of sp³-hybridized carbons (Fsp3) is 0.308. The van der Waals surface area contributed by atoms with Crippen molar-refractivity contribution in [1.82, 2.24) is 4.40 Å². The van der Waals surface area contributed by atoms with Crippen molar-refractivity contribution in [2.75, 3.05) is 12.9 Å². The van der Waals surface area contributed by atoms with Gasteiger partial charge in [-0.3, -0.25) is 4.18 Å². The second-order valence-electron chi connectivity index (χ2n) is 4.28. The van der Waals surface area contributed by atoms with Crippen molar-refractivity contribution in [3.63, 3.8) is 0 Å². The predicted molar refractivity (Wildman–Crippen MR) is 73.0 cm³/mol. The minimum Gasteiger partial charge on any atom is -0.462 e. The minimum absolute atomic E-state index is 0.0325. The molecule has 0 fully saturated rings. The van der Waals surface area contributed by atoms with Crippen molar-refractivity contribution in [1.29, 1.82) is 0 Å². The fourth-order valence-electron chi connectivity index (χ4n) is 1.75. The Labute approximate surface area is 117 Å². The van der Waals surface area contributed by atoms with Crippen molar-refractivity contribution >= 4 is 21.6 Å². The molecule has 7 heteroatoms. The third-order valence-corrected chi connectivity index (χ3v) is 3.16.